The maximum atomic E-state index is 12.4. The number of anilines is 2. The second-order valence-corrected chi connectivity index (χ2v) is 17.3. The van der Waals surface area contributed by atoms with Gasteiger partial charge in [-0.25, -0.2) is 9.13 Å². The third-order valence-electron chi connectivity index (χ3n) is 10.0. The quantitative estimate of drug-likeness (QED) is 0.0252. The van der Waals surface area contributed by atoms with Gasteiger partial charge in [0.05, 0.1) is 26.4 Å². The second-order valence-electron chi connectivity index (χ2n) is 14.6. The highest BCUT2D eigenvalue weighted by molar-refractivity contribution is 8.76. The summed E-state index contributed by atoms with van der Waals surface area (Å²) in [4.78, 5) is 28.7. The number of benzene rings is 2. The minimum Gasteiger partial charge on any atom is -0.395 e. The Morgan fingerprint density at radius 3 is 1.08 bits per heavy atom. The minimum atomic E-state index is 0.0430. The molecule has 4 rings (SSSR count). The summed E-state index contributed by atoms with van der Waals surface area (Å²) in [5, 5.41) is 37.1. The molecule has 10 nitrogen and oxygen atoms in total. The zero-order chi connectivity index (χ0) is 42.6. The van der Waals surface area contributed by atoms with Gasteiger partial charge in [0.1, 0.15) is 24.7 Å². The van der Waals surface area contributed by atoms with Crippen LogP contribution in [0.3, 0.4) is 0 Å². The summed E-state index contributed by atoms with van der Waals surface area (Å²) in [5.74, 6) is 2.18. The smallest absolute Gasteiger partial charge is 0.169 e. The lowest BCUT2D eigenvalue weighted by atomic mass is 10.1. The van der Waals surface area contributed by atoms with Crippen LogP contribution in [-0.4, -0.2) is 96.1 Å². The molecule has 4 N–H and O–H groups in total. The number of aliphatic hydroxyl groups excluding tert-OH is 4. The van der Waals surface area contributed by atoms with Gasteiger partial charge in [0, 0.05) is 112 Å². The monoisotopic (exact) mass is 856 g/mol. The van der Waals surface area contributed by atoms with Gasteiger partial charge in [-0.05, 0) is 59.4 Å². The number of pyridine rings is 2. The van der Waals surface area contributed by atoms with Crippen molar-refractivity contribution in [3.8, 4) is 0 Å². The van der Waals surface area contributed by atoms with Crippen molar-refractivity contribution in [1.82, 2.24) is 0 Å². The molecule has 60 heavy (non-hydrogen) atoms. The lowest BCUT2D eigenvalue weighted by Gasteiger charge is -2.22. The Bertz CT molecular complexity index is 1710. The maximum absolute atomic E-state index is 12.4. The number of carbonyl (C=O) groups is 2. The Morgan fingerprint density at radius 1 is 0.450 bits per heavy atom. The fourth-order valence-corrected chi connectivity index (χ4v) is 8.64. The highest BCUT2D eigenvalue weighted by Crippen LogP contribution is 2.24. The van der Waals surface area contributed by atoms with Gasteiger partial charge in [0.25, 0.3) is 0 Å². The maximum Gasteiger partial charge on any atom is 0.169 e. The SMILES string of the molecule is O=C(CCCC[n+]1ccc(/C=C/c2ccc(N(CCO)CCO)cc2)cc1)CCSSCCC(=O)CCCC[n+]1ccc(/C=C/c2ccc(N(CCO)CCO)cc2)cc1. The van der Waals surface area contributed by atoms with E-state index < -0.39 is 0 Å². The van der Waals surface area contributed by atoms with Crippen LogP contribution in [0, 0.1) is 0 Å². The molecule has 0 saturated heterocycles. The van der Waals surface area contributed by atoms with Crippen molar-refractivity contribution in [3.05, 3.63) is 120 Å². The van der Waals surface area contributed by atoms with Crippen LogP contribution in [0.25, 0.3) is 24.3 Å². The third kappa shape index (κ3) is 19.0. The first kappa shape index (κ1) is 48.4. The Morgan fingerprint density at radius 2 is 0.767 bits per heavy atom. The summed E-state index contributed by atoms with van der Waals surface area (Å²) >= 11 is 0. The molecule has 0 aliphatic heterocycles. The first-order valence-corrected chi connectivity index (χ1v) is 23.6. The Balaban J connectivity index is 0.984. The van der Waals surface area contributed by atoms with E-state index >= 15 is 0 Å². The largest absolute Gasteiger partial charge is 0.395 e. The third-order valence-corrected chi connectivity index (χ3v) is 12.4. The molecule has 0 radical (unpaired) electrons. The molecule has 2 aromatic heterocycles. The van der Waals surface area contributed by atoms with Gasteiger partial charge < -0.3 is 30.2 Å². The van der Waals surface area contributed by atoms with Crippen LogP contribution in [0.5, 0.6) is 0 Å². The second kappa shape index (κ2) is 29.0. The van der Waals surface area contributed by atoms with Crippen molar-refractivity contribution < 1.29 is 39.1 Å². The number of aryl methyl sites for hydroxylation is 2. The zero-order valence-corrected chi connectivity index (χ0v) is 36.5. The molecular formula is C48H64N4O6S2+2. The van der Waals surface area contributed by atoms with E-state index in [1.54, 1.807) is 21.6 Å². The van der Waals surface area contributed by atoms with Gasteiger partial charge in [0.15, 0.2) is 24.8 Å². The van der Waals surface area contributed by atoms with E-state index in [-0.39, 0.29) is 26.4 Å². The van der Waals surface area contributed by atoms with Gasteiger partial charge in [-0.15, -0.1) is 0 Å². The molecule has 0 saturated carbocycles. The number of carbonyl (C=O) groups excluding carboxylic acids is 2. The predicted molar refractivity (Wildman–Crippen MR) is 249 cm³/mol. The molecular weight excluding hydrogens is 793 g/mol. The lowest BCUT2D eigenvalue weighted by Crippen LogP contribution is -2.32. The van der Waals surface area contributed by atoms with Gasteiger partial charge in [0.2, 0.25) is 0 Å². The van der Waals surface area contributed by atoms with Crippen LogP contribution in [0.1, 0.15) is 73.6 Å². The summed E-state index contributed by atoms with van der Waals surface area (Å²) in [6.45, 7) is 3.87. The van der Waals surface area contributed by atoms with E-state index in [4.69, 9.17) is 0 Å². The van der Waals surface area contributed by atoms with Gasteiger partial charge >= 0.3 is 0 Å². The van der Waals surface area contributed by atoms with Crippen molar-refractivity contribution in [2.24, 2.45) is 0 Å². The molecule has 0 aliphatic carbocycles. The van der Waals surface area contributed by atoms with Crippen LogP contribution in [0.2, 0.25) is 0 Å². The number of hydrogen-bond donors (Lipinski definition) is 4. The average molecular weight is 857 g/mol. The van der Waals surface area contributed by atoms with Crippen LogP contribution in [-0.2, 0) is 22.7 Å². The molecule has 0 spiro atoms. The summed E-state index contributed by atoms with van der Waals surface area (Å²) in [6.07, 6.45) is 22.6. The molecule has 0 aliphatic rings. The van der Waals surface area contributed by atoms with Gasteiger partial charge in [-0.2, -0.15) is 0 Å². The topological polar surface area (TPSA) is 129 Å². The Kier molecular flexibility index (Phi) is 23.4. The van der Waals surface area contributed by atoms with E-state index in [1.165, 1.54) is 0 Å². The van der Waals surface area contributed by atoms with Crippen molar-refractivity contribution in [2.75, 3.05) is 73.9 Å². The highest BCUT2D eigenvalue weighted by atomic mass is 33.1. The van der Waals surface area contributed by atoms with Crippen molar-refractivity contribution >= 4 is 68.8 Å². The highest BCUT2D eigenvalue weighted by Gasteiger charge is 2.09. The normalized spacial score (nSPS) is 11.5. The number of nitrogens with zero attached hydrogens (tertiary/aromatic N) is 4. The van der Waals surface area contributed by atoms with Crippen LogP contribution in [0.15, 0.2) is 97.6 Å². The van der Waals surface area contributed by atoms with Crippen molar-refractivity contribution in [1.29, 1.82) is 0 Å². The van der Waals surface area contributed by atoms with Crippen LogP contribution < -0.4 is 18.9 Å². The summed E-state index contributed by atoms with van der Waals surface area (Å²) in [5.41, 5.74) is 6.32. The number of unbranched alkanes of at least 4 members (excludes halogenated alkanes) is 2. The van der Waals surface area contributed by atoms with Crippen molar-refractivity contribution in [2.45, 2.75) is 64.5 Å². The van der Waals surface area contributed by atoms with E-state index in [9.17, 15) is 30.0 Å². The first-order valence-electron chi connectivity index (χ1n) is 21.2. The molecule has 0 unspecified atom stereocenters. The fourth-order valence-electron chi connectivity index (χ4n) is 6.57. The number of aliphatic hydroxyl groups is 4. The Hall–Kier alpha value is -4.30. The van der Waals surface area contributed by atoms with Gasteiger partial charge in [-0.1, -0.05) is 70.2 Å². The Labute approximate surface area is 364 Å². The van der Waals surface area contributed by atoms with Crippen molar-refractivity contribution in [3.63, 3.8) is 0 Å². The number of hydrogen-bond acceptors (Lipinski definition) is 10. The van der Waals surface area contributed by atoms with E-state index in [0.29, 0.717) is 63.4 Å². The zero-order valence-electron chi connectivity index (χ0n) is 34.9. The predicted octanol–water partition coefficient (Wildman–Crippen LogP) is 6.53. The van der Waals surface area contributed by atoms with E-state index in [2.05, 4.69) is 82.5 Å². The van der Waals surface area contributed by atoms with Crippen LogP contribution >= 0.6 is 21.6 Å². The number of Topliss-reactive ketones (excluding diaryl/α,β-unsaturated/α-hetero) is 2. The molecule has 0 atom stereocenters. The number of rotatable bonds is 31. The average Bonchev–Trinajstić information content (AvgIpc) is 3.27. The van der Waals surface area contributed by atoms with E-state index in [0.717, 1.165) is 83.9 Å². The number of ketones is 2. The molecule has 0 bridgehead atoms. The molecule has 0 fully saturated rings. The molecule has 2 heterocycles. The molecule has 322 valence electrons. The minimum absolute atomic E-state index is 0.0430. The molecule has 4 aromatic rings. The van der Waals surface area contributed by atoms with Crippen LogP contribution in [0.4, 0.5) is 11.4 Å². The summed E-state index contributed by atoms with van der Waals surface area (Å²) in [7, 11) is 3.38. The van der Waals surface area contributed by atoms with Gasteiger partial charge in [-0.3, -0.25) is 9.59 Å². The first-order chi connectivity index (χ1) is 29.4. The number of aromatic nitrogens is 2. The standard InChI is InChI=1S/C48H64N4O6S2/c53-35-31-51(32-36-54)45-15-11-41(12-16-45)7-9-43-19-27-49(28-20-43)25-3-1-5-47(57)23-39-59-60-40-24-48(58)6-2-4-26-50-29-21-44(22-30-50)10-8-42-13-17-46(18-14-42)52(33-37-55)34-38-56/h7-22,27-30,53-56H,1-6,23-26,31-40H2/q+2. The fraction of sp³-hybridized carbons (Fsp3) is 0.417. The lowest BCUT2D eigenvalue weighted by molar-refractivity contribution is -0.697. The molecule has 12 heteroatoms. The summed E-state index contributed by atoms with van der Waals surface area (Å²) in [6, 6.07) is 24.5. The molecule has 0 amide bonds. The van der Waals surface area contributed by atoms with E-state index in [1.807, 2.05) is 58.3 Å². The molecule has 2 aromatic carbocycles. The summed E-state index contributed by atoms with van der Waals surface area (Å²) < 4.78 is 4.30.